The first-order chi connectivity index (χ1) is 11.4. The van der Waals surface area contributed by atoms with Gasteiger partial charge in [0, 0.05) is 25.5 Å². The third-order valence-electron chi connectivity index (χ3n) is 4.17. The number of primary amides is 1. The Hall–Kier alpha value is -2.39. The molecule has 1 fully saturated rings. The summed E-state index contributed by atoms with van der Waals surface area (Å²) in [6.07, 6.45) is 0.990. The summed E-state index contributed by atoms with van der Waals surface area (Å²) in [5, 5.41) is 12.7. The van der Waals surface area contributed by atoms with Crippen LogP contribution in [0.2, 0.25) is 0 Å². The smallest absolute Gasteiger partial charge is 0.260 e. The maximum atomic E-state index is 12.3. The number of nitrogen functional groups attached to an aromatic ring is 1. The van der Waals surface area contributed by atoms with Crippen LogP contribution in [0, 0.1) is 0 Å². The lowest BCUT2D eigenvalue weighted by Crippen LogP contribution is -2.36. The number of fused-ring (bicyclic) bond motifs is 1. The molecule has 1 aliphatic rings. The van der Waals surface area contributed by atoms with Gasteiger partial charge in [-0.05, 0) is 18.9 Å². The molecule has 1 saturated heterocycles. The number of hydrogen-bond acceptors (Lipinski definition) is 7. The first-order valence-electron chi connectivity index (χ1n) is 7.60. The molecule has 0 saturated carbocycles. The maximum Gasteiger partial charge on any atom is 0.260 e. The number of carbonyl (C=O) groups is 2. The Morgan fingerprint density at radius 3 is 2.67 bits per heavy atom. The second kappa shape index (κ2) is 6.25. The van der Waals surface area contributed by atoms with Gasteiger partial charge in [-0.15, -0.1) is 11.3 Å². The number of amides is 2. The zero-order valence-corrected chi connectivity index (χ0v) is 14.0. The number of nitrogens with zero attached hydrogens (tertiary/aromatic N) is 2. The van der Waals surface area contributed by atoms with Gasteiger partial charge in [0.25, 0.3) is 11.8 Å². The molecule has 0 spiro atoms. The Bertz CT molecular complexity index is 811. The van der Waals surface area contributed by atoms with Crippen LogP contribution in [0.15, 0.2) is 6.07 Å². The van der Waals surface area contributed by atoms with Gasteiger partial charge in [0.15, 0.2) is 0 Å². The second-order valence-electron chi connectivity index (χ2n) is 5.71. The van der Waals surface area contributed by atoms with Crippen molar-refractivity contribution in [2.24, 2.45) is 5.73 Å². The molecule has 2 amide bonds. The van der Waals surface area contributed by atoms with E-state index in [1.54, 1.807) is 6.07 Å². The fourth-order valence-electron chi connectivity index (χ4n) is 2.86. The van der Waals surface area contributed by atoms with Crippen molar-refractivity contribution in [3.05, 3.63) is 16.5 Å². The first kappa shape index (κ1) is 16.5. The summed E-state index contributed by atoms with van der Waals surface area (Å²) in [5.74, 6) is -0.313. The monoisotopic (exact) mass is 349 g/mol. The van der Waals surface area contributed by atoms with Crippen molar-refractivity contribution in [3.8, 4) is 0 Å². The number of hydrogen-bond donors (Lipinski definition) is 4. The van der Waals surface area contributed by atoms with Crippen LogP contribution >= 0.6 is 11.3 Å². The largest absolute Gasteiger partial charge is 0.397 e. The Balaban J connectivity index is 2.15. The average Bonchev–Trinajstić information content (AvgIpc) is 2.91. The molecule has 6 N–H and O–H groups in total. The van der Waals surface area contributed by atoms with Crippen LogP contribution in [0.4, 0.5) is 11.5 Å². The summed E-state index contributed by atoms with van der Waals surface area (Å²) in [6, 6.07) is 1.67. The van der Waals surface area contributed by atoms with Crippen molar-refractivity contribution in [2.75, 3.05) is 30.8 Å². The van der Waals surface area contributed by atoms with Gasteiger partial charge in [0.05, 0.1) is 17.4 Å². The molecule has 8 nitrogen and oxygen atoms in total. The van der Waals surface area contributed by atoms with Crippen molar-refractivity contribution in [3.63, 3.8) is 0 Å². The van der Waals surface area contributed by atoms with Gasteiger partial charge < -0.3 is 26.8 Å². The highest BCUT2D eigenvalue weighted by molar-refractivity contribution is 7.21. The molecule has 1 aliphatic heterocycles. The predicted molar refractivity (Wildman–Crippen MR) is 93.4 cm³/mol. The molecule has 3 heterocycles. The number of aromatic nitrogens is 1. The molecule has 9 heteroatoms. The normalized spacial score (nSPS) is 15.7. The Morgan fingerprint density at radius 1 is 1.42 bits per heavy atom. The van der Waals surface area contributed by atoms with Crippen LogP contribution in [0.1, 0.15) is 32.9 Å². The molecule has 0 aromatic carbocycles. The molecular weight excluding hydrogens is 330 g/mol. The van der Waals surface area contributed by atoms with Crippen LogP contribution in [0.5, 0.6) is 0 Å². The quantitative estimate of drug-likeness (QED) is 0.629. The average molecular weight is 349 g/mol. The first-order valence-corrected chi connectivity index (χ1v) is 8.42. The molecule has 0 radical (unpaired) electrons. The predicted octanol–water partition coefficient (Wildman–Crippen LogP) is 0.298. The van der Waals surface area contributed by atoms with Gasteiger partial charge in [0.2, 0.25) is 0 Å². The SMILES string of the molecule is CNC(=O)c1cc(N2CCC(O)CC2)nc2sc(C(N)=O)c(N)c12. The molecule has 0 unspecified atom stereocenters. The van der Waals surface area contributed by atoms with E-state index in [-0.39, 0.29) is 22.6 Å². The number of nitrogens with one attached hydrogen (secondary N) is 1. The lowest BCUT2D eigenvalue weighted by atomic mass is 10.1. The standard InChI is InChI=1S/C15H19N5O3S/c1-18-14(23)8-6-9(20-4-2-7(21)3-5-20)19-15-10(8)11(16)12(24-15)13(17)22/h6-7,21H,2-5,16H2,1H3,(H2,17,22)(H,18,23). The van der Waals surface area contributed by atoms with Gasteiger partial charge in [-0.2, -0.15) is 0 Å². The molecule has 3 rings (SSSR count). The highest BCUT2D eigenvalue weighted by Gasteiger charge is 2.24. The van der Waals surface area contributed by atoms with Gasteiger partial charge in [-0.25, -0.2) is 4.98 Å². The minimum atomic E-state index is -0.638. The third-order valence-corrected chi connectivity index (χ3v) is 5.28. The van der Waals surface area contributed by atoms with E-state index in [4.69, 9.17) is 11.5 Å². The van der Waals surface area contributed by atoms with Gasteiger partial charge in [-0.1, -0.05) is 0 Å². The molecule has 2 aromatic rings. The molecule has 0 atom stereocenters. The number of piperidine rings is 1. The van der Waals surface area contributed by atoms with Gasteiger partial charge in [-0.3, -0.25) is 9.59 Å². The van der Waals surface area contributed by atoms with Crippen LogP contribution in [0.25, 0.3) is 10.2 Å². The van der Waals surface area contributed by atoms with Gasteiger partial charge in [0.1, 0.15) is 15.5 Å². The summed E-state index contributed by atoms with van der Waals surface area (Å²) in [5.41, 5.74) is 11.9. The summed E-state index contributed by atoms with van der Waals surface area (Å²) in [4.78, 5) is 31.1. The number of pyridine rings is 1. The molecule has 0 bridgehead atoms. The van der Waals surface area contributed by atoms with E-state index < -0.39 is 5.91 Å². The zero-order chi connectivity index (χ0) is 17.4. The highest BCUT2D eigenvalue weighted by atomic mass is 32.1. The maximum absolute atomic E-state index is 12.3. The Labute approximate surface area is 142 Å². The lowest BCUT2D eigenvalue weighted by molar-refractivity contribution is 0.0962. The van der Waals surface area contributed by atoms with E-state index in [1.807, 2.05) is 4.90 Å². The minimum absolute atomic E-state index is 0.189. The van der Waals surface area contributed by atoms with Gasteiger partial charge >= 0.3 is 0 Å². The Morgan fingerprint density at radius 2 is 2.08 bits per heavy atom. The lowest BCUT2D eigenvalue weighted by Gasteiger charge is -2.30. The summed E-state index contributed by atoms with van der Waals surface area (Å²) >= 11 is 1.09. The molecule has 2 aromatic heterocycles. The zero-order valence-electron chi connectivity index (χ0n) is 13.2. The molecular formula is C15H19N5O3S. The Kier molecular flexibility index (Phi) is 4.29. The topological polar surface area (TPSA) is 135 Å². The summed E-state index contributed by atoms with van der Waals surface area (Å²) in [7, 11) is 1.53. The van der Waals surface area contributed by atoms with E-state index >= 15 is 0 Å². The number of nitrogens with two attached hydrogens (primary N) is 2. The van der Waals surface area contributed by atoms with Crippen molar-refractivity contribution < 1.29 is 14.7 Å². The van der Waals surface area contributed by atoms with E-state index in [9.17, 15) is 14.7 Å². The minimum Gasteiger partial charge on any atom is -0.397 e. The number of aliphatic hydroxyl groups excluding tert-OH is 1. The van der Waals surface area contributed by atoms with Crippen molar-refractivity contribution in [1.82, 2.24) is 10.3 Å². The summed E-state index contributed by atoms with van der Waals surface area (Å²) < 4.78 is 0. The molecule has 128 valence electrons. The molecule has 0 aliphatic carbocycles. The number of carbonyl (C=O) groups excluding carboxylic acids is 2. The summed E-state index contributed by atoms with van der Waals surface area (Å²) in [6.45, 7) is 1.30. The van der Waals surface area contributed by atoms with Crippen LogP contribution < -0.4 is 21.7 Å². The number of rotatable bonds is 3. The number of anilines is 2. The van der Waals surface area contributed by atoms with Crippen molar-refractivity contribution >= 4 is 44.9 Å². The number of thiophene rings is 1. The van der Waals surface area contributed by atoms with E-state index in [1.165, 1.54) is 7.05 Å². The fraction of sp³-hybridized carbons (Fsp3) is 0.400. The van der Waals surface area contributed by atoms with Crippen molar-refractivity contribution in [2.45, 2.75) is 18.9 Å². The van der Waals surface area contributed by atoms with Crippen LogP contribution in [0.3, 0.4) is 0 Å². The van der Waals surface area contributed by atoms with Crippen LogP contribution in [-0.4, -0.2) is 48.1 Å². The van der Waals surface area contributed by atoms with Crippen molar-refractivity contribution in [1.29, 1.82) is 0 Å². The fourth-order valence-corrected chi connectivity index (χ4v) is 3.83. The third kappa shape index (κ3) is 2.76. The van der Waals surface area contributed by atoms with Crippen LogP contribution in [-0.2, 0) is 0 Å². The second-order valence-corrected chi connectivity index (χ2v) is 6.71. The highest BCUT2D eigenvalue weighted by Crippen LogP contribution is 2.37. The van der Waals surface area contributed by atoms with E-state index in [0.717, 1.165) is 11.3 Å². The number of aliphatic hydroxyl groups is 1. The van der Waals surface area contributed by atoms with E-state index in [0.29, 0.717) is 47.5 Å². The molecule has 24 heavy (non-hydrogen) atoms. The van der Waals surface area contributed by atoms with E-state index in [2.05, 4.69) is 10.3 Å².